The van der Waals surface area contributed by atoms with E-state index in [0.29, 0.717) is 12.5 Å². The maximum Gasteiger partial charge on any atom is 0.227 e. The number of hydrogen-bond acceptors (Lipinski definition) is 3. The summed E-state index contributed by atoms with van der Waals surface area (Å²) in [6, 6.07) is 6.94. The molecule has 0 spiro atoms. The topological polar surface area (TPSA) is 68.8 Å². The quantitative estimate of drug-likeness (QED) is 0.316. The Kier molecular flexibility index (Phi) is 9.98. The van der Waals surface area contributed by atoms with Gasteiger partial charge in [0.25, 0.3) is 0 Å². The Balaban J connectivity index is 0.00000392. The fraction of sp³-hybridized carbons (Fsp3) is 0.600. The molecule has 1 amide bonds. The van der Waals surface area contributed by atoms with Crippen LogP contribution in [0, 0.1) is 11.2 Å². The number of carbonyl (C=O) groups is 1. The third kappa shape index (κ3) is 7.10. The number of halogens is 2. The molecule has 1 heterocycles. The summed E-state index contributed by atoms with van der Waals surface area (Å²) in [5.74, 6) is 0.464. The Bertz CT molecular complexity index is 668. The van der Waals surface area contributed by atoms with Gasteiger partial charge in [0.2, 0.25) is 5.91 Å². The van der Waals surface area contributed by atoms with E-state index in [9.17, 15) is 9.18 Å². The third-order valence-electron chi connectivity index (χ3n) is 4.75. The van der Waals surface area contributed by atoms with Crippen molar-refractivity contribution in [3.63, 3.8) is 0 Å². The number of guanidine groups is 1. The van der Waals surface area contributed by atoms with Gasteiger partial charge in [0.1, 0.15) is 5.82 Å². The van der Waals surface area contributed by atoms with Gasteiger partial charge < -0.3 is 20.9 Å². The first-order valence-electron chi connectivity index (χ1n) is 9.63. The fourth-order valence-electron chi connectivity index (χ4n) is 3.20. The minimum absolute atomic E-state index is 0. The van der Waals surface area contributed by atoms with E-state index in [-0.39, 0.29) is 41.7 Å². The lowest BCUT2D eigenvalue weighted by Crippen LogP contribution is -2.51. The predicted octanol–water partition coefficient (Wildman–Crippen LogP) is 2.74. The minimum atomic E-state index is -0.572. The molecule has 8 heteroatoms. The predicted molar refractivity (Wildman–Crippen MR) is 124 cm³/mol. The smallest absolute Gasteiger partial charge is 0.227 e. The maximum absolute atomic E-state index is 13.5. The molecule has 1 aromatic rings. The van der Waals surface area contributed by atoms with Crippen LogP contribution in [0.2, 0.25) is 0 Å². The SMILES string of the molecule is CCNC(=NCC(C)(C)C(=O)NC)NC1CCCN(c2cccc(F)c2)C1.I. The zero-order valence-electron chi connectivity index (χ0n) is 17.2. The van der Waals surface area contributed by atoms with Crippen molar-refractivity contribution in [2.45, 2.75) is 39.7 Å². The van der Waals surface area contributed by atoms with Gasteiger partial charge in [-0.3, -0.25) is 9.79 Å². The largest absolute Gasteiger partial charge is 0.369 e. The van der Waals surface area contributed by atoms with Crippen molar-refractivity contribution in [1.29, 1.82) is 0 Å². The van der Waals surface area contributed by atoms with Crippen LogP contribution in [0.15, 0.2) is 29.3 Å². The fourth-order valence-corrected chi connectivity index (χ4v) is 3.20. The number of piperidine rings is 1. The normalized spacial score (nSPS) is 17.5. The van der Waals surface area contributed by atoms with E-state index in [1.165, 1.54) is 6.07 Å². The molecule has 1 aliphatic rings. The lowest BCUT2D eigenvalue weighted by molar-refractivity contribution is -0.128. The van der Waals surface area contributed by atoms with Gasteiger partial charge >= 0.3 is 0 Å². The molecule has 1 saturated heterocycles. The molecule has 3 N–H and O–H groups in total. The Morgan fingerprint density at radius 2 is 2.14 bits per heavy atom. The van der Waals surface area contributed by atoms with Crippen molar-refractivity contribution in [3.8, 4) is 0 Å². The van der Waals surface area contributed by atoms with Crippen LogP contribution in [0.1, 0.15) is 33.6 Å². The van der Waals surface area contributed by atoms with Crippen LogP contribution < -0.4 is 20.9 Å². The van der Waals surface area contributed by atoms with Crippen LogP contribution in [0.25, 0.3) is 0 Å². The Morgan fingerprint density at radius 3 is 2.79 bits per heavy atom. The summed E-state index contributed by atoms with van der Waals surface area (Å²) in [6.45, 7) is 8.61. The van der Waals surface area contributed by atoms with Crippen LogP contribution >= 0.6 is 24.0 Å². The first kappa shape index (κ1) is 24.5. The monoisotopic (exact) mass is 505 g/mol. The molecular formula is C20H33FIN5O. The first-order valence-corrected chi connectivity index (χ1v) is 9.63. The Morgan fingerprint density at radius 1 is 1.39 bits per heavy atom. The highest BCUT2D eigenvalue weighted by Gasteiger charge is 2.27. The van der Waals surface area contributed by atoms with Crippen molar-refractivity contribution in [2.75, 3.05) is 38.1 Å². The van der Waals surface area contributed by atoms with E-state index in [0.717, 1.165) is 38.2 Å². The number of benzene rings is 1. The zero-order valence-corrected chi connectivity index (χ0v) is 19.5. The highest BCUT2D eigenvalue weighted by molar-refractivity contribution is 14.0. The van der Waals surface area contributed by atoms with E-state index in [2.05, 4.69) is 25.8 Å². The summed E-state index contributed by atoms with van der Waals surface area (Å²) in [5.41, 5.74) is 0.335. The molecule has 158 valence electrons. The number of nitrogens with one attached hydrogen (secondary N) is 3. The van der Waals surface area contributed by atoms with Crippen LogP contribution in [0.4, 0.5) is 10.1 Å². The third-order valence-corrected chi connectivity index (χ3v) is 4.75. The lowest BCUT2D eigenvalue weighted by atomic mass is 9.93. The van der Waals surface area contributed by atoms with E-state index in [1.54, 1.807) is 19.2 Å². The summed E-state index contributed by atoms with van der Waals surface area (Å²) in [6.07, 6.45) is 2.05. The zero-order chi connectivity index (χ0) is 19.9. The second-order valence-electron chi connectivity index (χ2n) is 7.57. The molecule has 1 fully saturated rings. The number of anilines is 1. The van der Waals surface area contributed by atoms with Crippen molar-refractivity contribution in [3.05, 3.63) is 30.1 Å². The van der Waals surface area contributed by atoms with E-state index >= 15 is 0 Å². The van der Waals surface area contributed by atoms with Crippen LogP contribution in [-0.4, -0.2) is 51.1 Å². The number of carbonyl (C=O) groups excluding carboxylic acids is 1. The highest BCUT2D eigenvalue weighted by atomic mass is 127. The lowest BCUT2D eigenvalue weighted by Gasteiger charge is -2.35. The van der Waals surface area contributed by atoms with E-state index in [1.807, 2.05) is 26.8 Å². The Labute approximate surface area is 184 Å². The van der Waals surface area contributed by atoms with Crippen LogP contribution in [0.5, 0.6) is 0 Å². The summed E-state index contributed by atoms with van der Waals surface area (Å²) >= 11 is 0. The number of aliphatic imine (C=N–C) groups is 1. The molecular weight excluding hydrogens is 472 g/mol. The van der Waals surface area contributed by atoms with Crippen molar-refractivity contribution >= 4 is 41.5 Å². The van der Waals surface area contributed by atoms with Crippen LogP contribution in [-0.2, 0) is 4.79 Å². The van der Waals surface area contributed by atoms with Crippen molar-refractivity contribution in [2.24, 2.45) is 10.4 Å². The van der Waals surface area contributed by atoms with Crippen molar-refractivity contribution < 1.29 is 9.18 Å². The molecule has 0 bridgehead atoms. The molecule has 0 radical (unpaired) electrons. The van der Waals surface area contributed by atoms with Gasteiger partial charge in [-0.15, -0.1) is 24.0 Å². The van der Waals surface area contributed by atoms with Gasteiger partial charge in [-0.25, -0.2) is 4.39 Å². The van der Waals surface area contributed by atoms with E-state index in [4.69, 9.17) is 0 Å². The van der Waals surface area contributed by atoms with Crippen LogP contribution in [0.3, 0.4) is 0 Å². The molecule has 0 saturated carbocycles. The molecule has 0 aromatic heterocycles. The standard InChI is InChI=1S/C20H32FN5O.HI/c1-5-23-19(24-14-20(2,3)18(27)22-4)25-16-9-7-11-26(13-16)17-10-6-8-15(21)12-17;/h6,8,10,12,16H,5,7,9,11,13-14H2,1-4H3,(H,22,27)(H2,23,24,25);1H. The summed E-state index contributed by atoms with van der Waals surface area (Å²) in [7, 11) is 1.64. The molecule has 1 unspecified atom stereocenters. The molecule has 1 aliphatic heterocycles. The second kappa shape index (κ2) is 11.4. The molecule has 0 aliphatic carbocycles. The average molecular weight is 505 g/mol. The number of rotatable bonds is 6. The maximum atomic E-state index is 13.5. The minimum Gasteiger partial charge on any atom is -0.369 e. The number of nitrogens with zero attached hydrogens (tertiary/aromatic N) is 2. The van der Waals surface area contributed by atoms with E-state index < -0.39 is 5.41 Å². The van der Waals surface area contributed by atoms with Gasteiger partial charge in [0.05, 0.1) is 12.0 Å². The summed E-state index contributed by atoms with van der Waals surface area (Å²) in [5, 5.41) is 9.41. The van der Waals surface area contributed by atoms with Gasteiger partial charge in [0, 0.05) is 38.4 Å². The first-order chi connectivity index (χ1) is 12.9. The average Bonchev–Trinajstić information content (AvgIpc) is 2.66. The molecule has 1 atom stereocenters. The molecule has 1 aromatic carbocycles. The molecule has 6 nitrogen and oxygen atoms in total. The highest BCUT2D eigenvalue weighted by Crippen LogP contribution is 2.21. The van der Waals surface area contributed by atoms with Gasteiger partial charge in [-0.1, -0.05) is 6.07 Å². The van der Waals surface area contributed by atoms with Crippen molar-refractivity contribution in [1.82, 2.24) is 16.0 Å². The summed E-state index contributed by atoms with van der Waals surface area (Å²) in [4.78, 5) is 18.8. The molecule has 28 heavy (non-hydrogen) atoms. The summed E-state index contributed by atoms with van der Waals surface area (Å²) < 4.78 is 13.5. The van der Waals surface area contributed by atoms with Gasteiger partial charge in [-0.2, -0.15) is 0 Å². The molecule has 2 rings (SSSR count). The van der Waals surface area contributed by atoms with Gasteiger partial charge in [-0.05, 0) is 51.8 Å². The second-order valence-corrected chi connectivity index (χ2v) is 7.57. The number of amides is 1. The van der Waals surface area contributed by atoms with Gasteiger partial charge in [0.15, 0.2) is 5.96 Å². The Hall–Kier alpha value is -1.58. The number of hydrogen-bond donors (Lipinski definition) is 3.